The van der Waals surface area contributed by atoms with Crippen molar-refractivity contribution in [1.29, 1.82) is 0 Å². The molecule has 1 heterocycles. The highest BCUT2D eigenvalue weighted by molar-refractivity contribution is 6.32. The van der Waals surface area contributed by atoms with Crippen molar-refractivity contribution < 1.29 is 18.7 Å². The van der Waals surface area contributed by atoms with Gasteiger partial charge in [-0.1, -0.05) is 23.7 Å². The van der Waals surface area contributed by atoms with E-state index in [9.17, 15) is 9.18 Å². The number of ether oxygens (including phenoxy) is 2. The van der Waals surface area contributed by atoms with Crippen molar-refractivity contribution in [2.24, 2.45) is 0 Å². The molecule has 0 spiro atoms. The smallest absolute Gasteiger partial charge is 0.322 e. The summed E-state index contributed by atoms with van der Waals surface area (Å²) in [6, 6.07) is 10.9. The molecule has 1 saturated heterocycles. The van der Waals surface area contributed by atoms with Gasteiger partial charge in [0.05, 0.1) is 25.3 Å². The Morgan fingerprint density at radius 1 is 1.32 bits per heavy atom. The number of benzene rings is 2. The van der Waals surface area contributed by atoms with Crippen molar-refractivity contribution >= 4 is 23.3 Å². The molecule has 0 saturated carbocycles. The molecule has 132 valence electrons. The SMILES string of the molecule is COc1ccc(NC(=O)N2CCOC(c3ccc(F)cc3)C2)cc1Cl. The summed E-state index contributed by atoms with van der Waals surface area (Å²) >= 11 is 6.07. The van der Waals surface area contributed by atoms with Crippen LogP contribution in [0.4, 0.5) is 14.9 Å². The van der Waals surface area contributed by atoms with Gasteiger partial charge < -0.3 is 19.7 Å². The number of anilines is 1. The summed E-state index contributed by atoms with van der Waals surface area (Å²) in [6.07, 6.45) is -0.278. The third-order valence-corrected chi connectivity index (χ3v) is 4.29. The molecule has 0 aliphatic carbocycles. The van der Waals surface area contributed by atoms with Crippen LogP contribution in [0.15, 0.2) is 42.5 Å². The molecule has 1 fully saturated rings. The average molecular weight is 365 g/mol. The van der Waals surface area contributed by atoms with Crippen LogP contribution >= 0.6 is 11.6 Å². The van der Waals surface area contributed by atoms with Gasteiger partial charge in [0, 0.05) is 12.2 Å². The highest BCUT2D eigenvalue weighted by Crippen LogP contribution is 2.28. The van der Waals surface area contributed by atoms with Crippen molar-refractivity contribution in [1.82, 2.24) is 4.90 Å². The molecule has 1 N–H and O–H groups in total. The van der Waals surface area contributed by atoms with Gasteiger partial charge in [0.15, 0.2) is 0 Å². The van der Waals surface area contributed by atoms with Gasteiger partial charge in [-0.15, -0.1) is 0 Å². The number of amides is 2. The van der Waals surface area contributed by atoms with Crippen molar-refractivity contribution in [2.75, 3.05) is 32.1 Å². The van der Waals surface area contributed by atoms with Gasteiger partial charge in [0.2, 0.25) is 0 Å². The lowest BCUT2D eigenvalue weighted by Gasteiger charge is -2.33. The Labute approximate surface area is 150 Å². The number of urea groups is 1. The zero-order chi connectivity index (χ0) is 17.8. The number of nitrogens with zero attached hydrogens (tertiary/aromatic N) is 1. The third-order valence-electron chi connectivity index (χ3n) is 4.00. The fourth-order valence-corrected chi connectivity index (χ4v) is 2.92. The van der Waals surface area contributed by atoms with Crippen molar-refractivity contribution in [3.05, 3.63) is 58.9 Å². The van der Waals surface area contributed by atoms with E-state index in [1.165, 1.54) is 19.2 Å². The highest BCUT2D eigenvalue weighted by atomic mass is 35.5. The van der Waals surface area contributed by atoms with E-state index in [2.05, 4.69) is 5.32 Å². The lowest BCUT2D eigenvalue weighted by atomic mass is 10.1. The van der Waals surface area contributed by atoms with E-state index in [1.54, 1.807) is 35.2 Å². The molecule has 2 aromatic rings. The zero-order valence-corrected chi connectivity index (χ0v) is 14.4. The minimum absolute atomic E-state index is 0.239. The predicted octanol–water partition coefficient (Wildman–Crippen LogP) is 4.09. The summed E-state index contributed by atoms with van der Waals surface area (Å²) in [5.74, 6) is 0.243. The van der Waals surface area contributed by atoms with Gasteiger partial charge in [0.1, 0.15) is 17.7 Å². The molecule has 1 aliphatic rings. The lowest BCUT2D eigenvalue weighted by Crippen LogP contribution is -2.44. The molecular formula is C18H18ClFN2O3. The molecule has 25 heavy (non-hydrogen) atoms. The summed E-state index contributed by atoms with van der Waals surface area (Å²) < 4.78 is 23.8. The quantitative estimate of drug-likeness (QED) is 0.892. The molecule has 2 aromatic carbocycles. The number of halogens is 2. The Balaban J connectivity index is 1.65. The van der Waals surface area contributed by atoms with Gasteiger partial charge in [0.25, 0.3) is 0 Å². The number of morpholine rings is 1. The molecule has 0 radical (unpaired) electrons. The van der Waals surface area contributed by atoms with Crippen LogP contribution in [0.2, 0.25) is 5.02 Å². The zero-order valence-electron chi connectivity index (χ0n) is 13.7. The van der Waals surface area contributed by atoms with Crippen LogP contribution in [0.3, 0.4) is 0 Å². The van der Waals surface area contributed by atoms with Crippen LogP contribution in [0, 0.1) is 5.82 Å². The Hall–Kier alpha value is -2.31. The summed E-state index contributed by atoms with van der Waals surface area (Å²) in [6.45, 7) is 1.29. The second kappa shape index (κ2) is 7.72. The molecule has 1 unspecified atom stereocenters. The monoisotopic (exact) mass is 364 g/mol. The Morgan fingerprint density at radius 3 is 2.76 bits per heavy atom. The van der Waals surface area contributed by atoms with E-state index in [4.69, 9.17) is 21.1 Å². The summed E-state index contributed by atoms with van der Waals surface area (Å²) in [5.41, 5.74) is 1.42. The minimum Gasteiger partial charge on any atom is -0.495 e. The van der Waals surface area contributed by atoms with Crippen LogP contribution in [0.25, 0.3) is 0 Å². The van der Waals surface area contributed by atoms with Crippen LogP contribution < -0.4 is 10.1 Å². The normalized spacial score (nSPS) is 17.2. The summed E-state index contributed by atoms with van der Waals surface area (Å²) in [4.78, 5) is 14.2. The van der Waals surface area contributed by atoms with Crippen LogP contribution in [0.5, 0.6) is 5.75 Å². The Kier molecular flexibility index (Phi) is 5.40. The Morgan fingerprint density at radius 2 is 2.08 bits per heavy atom. The van der Waals surface area contributed by atoms with Gasteiger partial charge in [-0.3, -0.25) is 0 Å². The standard InChI is InChI=1S/C18H18ClFN2O3/c1-24-16-7-6-14(10-15(16)19)21-18(23)22-8-9-25-17(11-22)12-2-4-13(20)5-3-12/h2-7,10,17H,8-9,11H2,1H3,(H,21,23). The Bertz CT molecular complexity index is 754. The topological polar surface area (TPSA) is 50.8 Å². The van der Waals surface area contributed by atoms with E-state index in [0.717, 1.165) is 5.56 Å². The predicted molar refractivity (Wildman–Crippen MR) is 93.7 cm³/mol. The molecule has 1 aliphatic heterocycles. The van der Waals surface area contributed by atoms with Crippen LogP contribution in [0.1, 0.15) is 11.7 Å². The fraction of sp³-hybridized carbons (Fsp3) is 0.278. The number of rotatable bonds is 3. The molecule has 7 heteroatoms. The first kappa shape index (κ1) is 17.5. The van der Waals surface area contributed by atoms with Crippen molar-refractivity contribution in [3.63, 3.8) is 0 Å². The first-order chi connectivity index (χ1) is 12.1. The molecule has 2 amide bonds. The lowest BCUT2D eigenvalue weighted by molar-refractivity contribution is -0.0135. The number of methoxy groups -OCH3 is 1. The van der Waals surface area contributed by atoms with Gasteiger partial charge >= 0.3 is 6.03 Å². The second-order valence-electron chi connectivity index (χ2n) is 5.64. The van der Waals surface area contributed by atoms with Gasteiger partial charge in [-0.2, -0.15) is 0 Å². The van der Waals surface area contributed by atoms with E-state index >= 15 is 0 Å². The first-order valence-electron chi connectivity index (χ1n) is 7.83. The summed E-state index contributed by atoms with van der Waals surface area (Å²) in [7, 11) is 1.53. The molecule has 0 bridgehead atoms. The van der Waals surface area contributed by atoms with E-state index in [0.29, 0.717) is 36.2 Å². The molecule has 1 atom stereocenters. The van der Waals surface area contributed by atoms with E-state index in [-0.39, 0.29) is 18.0 Å². The van der Waals surface area contributed by atoms with Crippen LogP contribution in [-0.2, 0) is 4.74 Å². The number of carbonyl (C=O) groups excluding carboxylic acids is 1. The minimum atomic E-state index is -0.300. The number of hydrogen-bond donors (Lipinski definition) is 1. The van der Waals surface area contributed by atoms with E-state index < -0.39 is 0 Å². The highest BCUT2D eigenvalue weighted by Gasteiger charge is 2.25. The van der Waals surface area contributed by atoms with Crippen molar-refractivity contribution in [3.8, 4) is 5.75 Å². The van der Waals surface area contributed by atoms with Gasteiger partial charge in [-0.25, -0.2) is 9.18 Å². The average Bonchev–Trinajstić information content (AvgIpc) is 2.62. The fourth-order valence-electron chi connectivity index (χ4n) is 2.66. The number of hydrogen-bond acceptors (Lipinski definition) is 3. The van der Waals surface area contributed by atoms with Crippen LogP contribution in [-0.4, -0.2) is 37.7 Å². The maximum absolute atomic E-state index is 13.1. The largest absolute Gasteiger partial charge is 0.495 e. The maximum Gasteiger partial charge on any atom is 0.322 e. The second-order valence-corrected chi connectivity index (χ2v) is 6.04. The number of carbonyl (C=O) groups is 1. The molecule has 3 rings (SSSR count). The first-order valence-corrected chi connectivity index (χ1v) is 8.21. The summed E-state index contributed by atoms with van der Waals surface area (Å²) in [5, 5.41) is 3.24. The molecular weight excluding hydrogens is 347 g/mol. The molecule has 0 aromatic heterocycles. The number of nitrogens with one attached hydrogen (secondary N) is 1. The third kappa shape index (κ3) is 4.21. The van der Waals surface area contributed by atoms with E-state index in [1.807, 2.05) is 0 Å². The van der Waals surface area contributed by atoms with Gasteiger partial charge in [-0.05, 0) is 35.9 Å². The maximum atomic E-state index is 13.1. The van der Waals surface area contributed by atoms with Crippen molar-refractivity contribution in [2.45, 2.75) is 6.10 Å². The molecule has 5 nitrogen and oxygen atoms in total.